The van der Waals surface area contributed by atoms with Crippen molar-refractivity contribution in [2.75, 3.05) is 23.3 Å². The summed E-state index contributed by atoms with van der Waals surface area (Å²) in [7, 11) is 0. The zero-order valence-electron chi connectivity index (χ0n) is 14.2. The van der Waals surface area contributed by atoms with Crippen LogP contribution in [0.25, 0.3) is 11.3 Å². The molecule has 0 unspecified atom stereocenters. The molecule has 0 aliphatic carbocycles. The summed E-state index contributed by atoms with van der Waals surface area (Å²) in [5.41, 5.74) is 2.02. The quantitative estimate of drug-likeness (QED) is 0.898. The second-order valence-corrected chi connectivity index (χ2v) is 6.35. The second-order valence-electron chi connectivity index (χ2n) is 6.35. The first-order valence-electron chi connectivity index (χ1n) is 7.90. The maximum absolute atomic E-state index is 4.75. The lowest BCUT2D eigenvalue weighted by Gasteiger charge is -2.24. The number of aromatic nitrogens is 2. The van der Waals surface area contributed by atoms with E-state index in [0.717, 1.165) is 36.1 Å². The van der Waals surface area contributed by atoms with Crippen molar-refractivity contribution in [1.82, 2.24) is 9.97 Å². The zero-order chi connectivity index (χ0) is 16.2. The van der Waals surface area contributed by atoms with E-state index in [1.54, 1.807) is 0 Å². The van der Waals surface area contributed by atoms with E-state index in [1.807, 2.05) is 24.3 Å². The number of nitrogens with one attached hydrogen (secondary N) is 1. The largest absolute Gasteiger partial charge is 0.365 e. The van der Waals surface area contributed by atoms with Gasteiger partial charge in [0.05, 0.1) is 5.69 Å². The highest BCUT2D eigenvalue weighted by atomic mass is 15.3. The lowest BCUT2D eigenvalue weighted by atomic mass is 10.1. The summed E-state index contributed by atoms with van der Waals surface area (Å²) in [4.78, 5) is 11.6. The standard InChI is InChI=1S/C18H26N4/c1-6-22(7-2)17-19-15(14-11-9-8-10-12-14)13-16(20-17)21-18(3,4)5/h8-13H,6-7H2,1-5H3,(H,19,20,21). The maximum Gasteiger partial charge on any atom is 0.227 e. The first-order chi connectivity index (χ1) is 10.4. The van der Waals surface area contributed by atoms with Crippen molar-refractivity contribution in [2.24, 2.45) is 0 Å². The van der Waals surface area contributed by atoms with Crippen molar-refractivity contribution < 1.29 is 0 Å². The van der Waals surface area contributed by atoms with E-state index in [2.05, 4.69) is 62.0 Å². The van der Waals surface area contributed by atoms with Gasteiger partial charge in [-0.2, -0.15) is 4.98 Å². The fourth-order valence-corrected chi connectivity index (χ4v) is 2.29. The van der Waals surface area contributed by atoms with E-state index < -0.39 is 0 Å². The Labute approximate surface area is 133 Å². The third kappa shape index (κ3) is 4.20. The average molecular weight is 298 g/mol. The SMILES string of the molecule is CCN(CC)c1nc(NC(C)(C)C)cc(-c2ccccc2)n1. The predicted molar refractivity (Wildman–Crippen MR) is 94.4 cm³/mol. The third-order valence-corrected chi connectivity index (χ3v) is 3.33. The summed E-state index contributed by atoms with van der Waals surface area (Å²) in [6, 6.07) is 12.3. The molecule has 1 aromatic carbocycles. The van der Waals surface area contributed by atoms with Gasteiger partial charge >= 0.3 is 0 Å². The smallest absolute Gasteiger partial charge is 0.227 e. The summed E-state index contributed by atoms with van der Waals surface area (Å²) in [6.07, 6.45) is 0. The van der Waals surface area contributed by atoms with Gasteiger partial charge in [-0.1, -0.05) is 30.3 Å². The summed E-state index contributed by atoms with van der Waals surface area (Å²) in [5.74, 6) is 1.64. The Kier molecular flexibility index (Phi) is 5.01. The van der Waals surface area contributed by atoms with Crippen LogP contribution in [-0.2, 0) is 0 Å². The molecular weight excluding hydrogens is 272 g/mol. The molecule has 1 heterocycles. The fourth-order valence-electron chi connectivity index (χ4n) is 2.29. The summed E-state index contributed by atoms with van der Waals surface area (Å²) < 4.78 is 0. The zero-order valence-corrected chi connectivity index (χ0v) is 14.2. The minimum Gasteiger partial charge on any atom is -0.365 e. The molecule has 0 bridgehead atoms. The van der Waals surface area contributed by atoms with Gasteiger partial charge in [-0.25, -0.2) is 4.98 Å². The molecule has 1 N–H and O–H groups in total. The molecular formula is C18H26N4. The third-order valence-electron chi connectivity index (χ3n) is 3.33. The Morgan fingerprint density at radius 3 is 2.18 bits per heavy atom. The van der Waals surface area contributed by atoms with E-state index >= 15 is 0 Å². The lowest BCUT2D eigenvalue weighted by Crippen LogP contribution is -2.28. The molecule has 0 aliphatic heterocycles. The Balaban J connectivity index is 2.49. The van der Waals surface area contributed by atoms with Crippen LogP contribution < -0.4 is 10.2 Å². The fraction of sp³-hybridized carbons (Fsp3) is 0.444. The van der Waals surface area contributed by atoms with Crippen LogP contribution in [0.5, 0.6) is 0 Å². The average Bonchev–Trinajstić information content (AvgIpc) is 2.47. The molecule has 0 saturated heterocycles. The Morgan fingerprint density at radius 1 is 1.00 bits per heavy atom. The molecule has 2 rings (SSSR count). The highest BCUT2D eigenvalue weighted by Gasteiger charge is 2.15. The van der Waals surface area contributed by atoms with Crippen molar-refractivity contribution in [1.29, 1.82) is 0 Å². The molecule has 0 atom stereocenters. The molecule has 4 heteroatoms. The number of anilines is 2. The molecule has 0 radical (unpaired) electrons. The van der Waals surface area contributed by atoms with Crippen molar-refractivity contribution in [3.63, 3.8) is 0 Å². The van der Waals surface area contributed by atoms with Gasteiger partial charge in [-0.3, -0.25) is 0 Å². The van der Waals surface area contributed by atoms with Crippen molar-refractivity contribution in [2.45, 2.75) is 40.2 Å². The highest BCUT2D eigenvalue weighted by molar-refractivity contribution is 5.64. The van der Waals surface area contributed by atoms with Crippen LogP contribution in [0.3, 0.4) is 0 Å². The molecule has 2 aromatic rings. The van der Waals surface area contributed by atoms with Crippen LogP contribution in [0.4, 0.5) is 11.8 Å². The Hall–Kier alpha value is -2.10. The van der Waals surface area contributed by atoms with E-state index in [-0.39, 0.29) is 5.54 Å². The summed E-state index contributed by atoms with van der Waals surface area (Å²) >= 11 is 0. The number of hydrogen-bond donors (Lipinski definition) is 1. The van der Waals surface area contributed by atoms with Crippen molar-refractivity contribution in [3.05, 3.63) is 36.4 Å². The minimum absolute atomic E-state index is 0.0388. The Bertz CT molecular complexity index is 598. The van der Waals surface area contributed by atoms with Gasteiger partial charge in [0.1, 0.15) is 5.82 Å². The minimum atomic E-state index is -0.0388. The molecule has 0 amide bonds. The normalized spacial score (nSPS) is 11.3. The van der Waals surface area contributed by atoms with Crippen LogP contribution >= 0.6 is 0 Å². The van der Waals surface area contributed by atoms with Gasteiger partial charge in [0, 0.05) is 30.3 Å². The lowest BCUT2D eigenvalue weighted by molar-refractivity contribution is 0.629. The van der Waals surface area contributed by atoms with E-state index in [9.17, 15) is 0 Å². The number of benzene rings is 1. The van der Waals surface area contributed by atoms with Gasteiger partial charge in [0.25, 0.3) is 0 Å². The Morgan fingerprint density at radius 2 is 1.64 bits per heavy atom. The van der Waals surface area contributed by atoms with Crippen LogP contribution in [0, 0.1) is 0 Å². The first kappa shape index (κ1) is 16.3. The van der Waals surface area contributed by atoms with E-state index in [4.69, 9.17) is 4.98 Å². The van der Waals surface area contributed by atoms with E-state index in [0.29, 0.717) is 0 Å². The molecule has 0 aliphatic rings. The first-order valence-corrected chi connectivity index (χ1v) is 7.90. The van der Waals surface area contributed by atoms with Crippen molar-refractivity contribution >= 4 is 11.8 Å². The van der Waals surface area contributed by atoms with Crippen LogP contribution in [0.1, 0.15) is 34.6 Å². The molecule has 118 valence electrons. The van der Waals surface area contributed by atoms with Crippen LogP contribution in [0.2, 0.25) is 0 Å². The highest BCUT2D eigenvalue weighted by Crippen LogP contribution is 2.24. The van der Waals surface area contributed by atoms with E-state index in [1.165, 1.54) is 0 Å². The molecule has 4 nitrogen and oxygen atoms in total. The van der Waals surface area contributed by atoms with Crippen LogP contribution in [-0.4, -0.2) is 28.6 Å². The molecule has 1 aromatic heterocycles. The monoisotopic (exact) mass is 298 g/mol. The van der Waals surface area contributed by atoms with Crippen molar-refractivity contribution in [3.8, 4) is 11.3 Å². The molecule has 0 spiro atoms. The van der Waals surface area contributed by atoms with Gasteiger partial charge in [-0.15, -0.1) is 0 Å². The molecule has 22 heavy (non-hydrogen) atoms. The van der Waals surface area contributed by atoms with Gasteiger partial charge in [0.2, 0.25) is 5.95 Å². The molecule has 0 fully saturated rings. The van der Waals surface area contributed by atoms with Gasteiger partial charge in [0.15, 0.2) is 0 Å². The van der Waals surface area contributed by atoms with Crippen LogP contribution in [0.15, 0.2) is 36.4 Å². The summed E-state index contributed by atoms with van der Waals surface area (Å²) in [6.45, 7) is 12.4. The maximum atomic E-state index is 4.75. The second kappa shape index (κ2) is 6.77. The van der Waals surface area contributed by atoms with Gasteiger partial charge < -0.3 is 10.2 Å². The topological polar surface area (TPSA) is 41.1 Å². The predicted octanol–water partition coefficient (Wildman–Crippen LogP) is 4.20. The van der Waals surface area contributed by atoms with Gasteiger partial charge in [-0.05, 0) is 34.6 Å². The number of rotatable bonds is 5. The number of hydrogen-bond acceptors (Lipinski definition) is 4. The summed E-state index contributed by atoms with van der Waals surface area (Å²) in [5, 5.41) is 3.46. The molecule has 0 saturated carbocycles. The number of nitrogens with zero attached hydrogens (tertiary/aromatic N) is 3.